The van der Waals surface area contributed by atoms with E-state index in [1.54, 1.807) is 17.0 Å². The molecule has 6 nitrogen and oxygen atoms in total. The first-order valence-corrected chi connectivity index (χ1v) is 10.0. The summed E-state index contributed by atoms with van der Waals surface area (Å²) in [7, 11) is 0. The van der Waals surface area contributed by atoms with Gasteiger partial charge in [-0.2, -0.15) is 0 Å². The van der Waals surface area contributed by atoms with E-state index in [2.05, 4.69) is 15.3 Å². The minimum Gasteiger partial charge on any atom is -0.349 e. The second-order valence-corrected chi connectivity index (χ2v) is 7.64. The first kappa shape index (κ1) is 19.9. The minimum absolute atomic E-state index is 0.00342. The van der Waals surface area contributed by atoms with Gasteiger partial charge in [0.1, 0.15) is 5.82 Å². The molecule has 1 N–H and O–H groups in total. The number of fused-ring (bicyclic) bond motifs is 1. The van der Waals surface area contributed by atoms with E-state index in [0.717, 1.165) is 16.9 Å². The Morgan fingerprint density at radius 2 is 1.53 bits per heavy atom. The Bertz CT molecular complexity index is 1110. The Labute approximate surface area is 174 Å². The van der Waals surface area contributed by atoms with E-state index in [9.17, 15) is 14.0 Å². The molecule has 1 aliphatic heterocycles. The smallest absolute Gasteiger partial charge is 0.253 e. The summed E-state index contributed by atoms with van der Waals surface area (Å²) in [5.74, 6) is -0.628. The Balaban J connectivity index is 1.37. The number of rotatable bonds is 3. The summed E-state index contributed by atoms with van der Waals surface area (Å²) in [6.45, 7) is 4.90. The average molecular weight is 406 g/mol. The lowest BCUT2D eigenvalue weighted by Crippen LogP contribution is -2.46. The molecule has 154 valence electrons. The third kappa shape index (κ3) is 4.15. The number of amides is 2. The Hall–Kier alpha value is -3.35. The molecule has 4 rings (SSSR count). The van der Waals surface area contributed by atoms with Gasteiger partial charge in [0.05, 0.1) is 22.4 Å². The zero-order chi connectivity index (χ0) is 21.3. The van der Waals surface area contributed by atoms with E-state index >= 15 is 0 Å². The normalized spacial score (nSPS) is 14.7. The van der Waals surface area contributed by atoms with E-state index in [-0.39, 0.29) is 23.7 Å². The second-order valence-electron chi connectivity index (χ2n) is 7.64. The molecule has 7 heteroatoms. The molecule has 1 aromatic heterocycles. The van der Waals surface area contributed by atoms with Crippen molar-refractivity contribution < 1.29 is 14.0 Å². The van der Waals surface area contributed by atoms with Crippen molar-refractivity contribution in [3.05, 3.63) is 70.8 Å². The van der Waals surface area contributed by atoms with Gasteiger partial charge in [-0.05, 0) is 69.2 Å². The first-order valence-electron chi connectivity index (χ1n) is 10.0. The summed E-state index contributed by atoms with van der Waals surface area (Å²) >= 11 is 0. The van der Waals surface area contributed by atoms with Crippen molar-refractivity contribution >= 4 is 22.8 Å². The highest BCUT2D eigenvalue weighted by molar-refractivity contribution is 5.97. The lowest BCUT2D eigenvalue weighted by Gasteiger charge is -2.32. The predicted molar refractivity (Wildman–Crippen MR) is 112 cm³/mol. The van der Waals surface area contributed by atoms with Crippen LogP contribution >= 0.6 is 0 Å². The number of nitrogens with zero attached hydrogens (tertiary/aromatic N) is 3. The monoisotopic (exact) mass is 406 g/mol. The van der Waals surface area contributed by atoms with Gasteiger partial charge in [0.25, 0.3) is 11.8 Å². The summed E-state index contributed by atoms with van der Waals surface area (Å²) in [6.07, 6.45) is 1.34. The van der Waals surface area contributed by atoms with Crippen molar-refractivity contribution in [2.75, 3.05) is 13.1 Å². The van der Waals surface area contributed by atoms with Crippen LogP contribution in [0.2, 0.25) is 0 Å². The van der Waals surface area contributed by atoms with Gasteiger partial charge in [0.2, 0.25) is 0 Å². The molecular weight excluding hydrogens is 383 g/mol. The Morgan fingerprint density at radius 3 is 2.20 bits per heavy atom. The van der Waals surface area contributed by atoms with Crippen molar-refractivity contribution in [1.29, 1.82) is 0 Å². The van der Waals surface area contributed by atoms with Crippen LogP contribution < -0.4 is 5.32 Å². The number of hydrogen-bond donors (Lipinski definition) is 1. The van der Waals surface area contributed by atoms with E-state index in [4.69, 9.17) is 0 Å². The topological polar surface area (TPSA) is 75.2 Å². The number of aromatic nitrogens is 2. The number of nitrogens with one attached hydrogen (secondary N) is 1. The van der Waals surface area contributed by atoms with Crippen LogP contribution in [0.1, 0.15) is 44.9 Å². The van der Waals surface area contributed by atoms with Gasteiger partial charge in [-0.1, -0.05) is 0 Å². The maximum atomic E-state index is 13.1. The molecule has 0 unspecified atom stereocenters. The third-order valence-electron chi connectivity index (χ3n) is 5.55. The Kier molecular flexibility index (Phi) is 5.44. The number of hydrogen-bond acceptors (Lipinski definition) is 4. The molecule has 0 aliphatic carbocycles. The summed E-state index contributed by atoms with van der Waals surface area (Å²) in [5, 5.41) is 3.06. The number of carbonyl (C=O) groups excluding carboxylic acids is 2. The fourth-order valence-corrected chi connectivity index (χ4v) is 3.64. The molecular formula is C23H23FN4O2. The maximum absolute atomic E-state index is 13.1. The molecule has 1 fully saturated rings. The van der Waals surface area contributed by atoms with Crippen molar-refractivity contribution in [3.8, 4) is 0 Å². The lowest BCUT2D eigenvalue weighted by atomic mass is 10.0. The highest BCUT2D eigenvalue weighted by Gasteiger charge is 2.25. The predicted octanol–water partition coefficient (Wildman–Crippen LogP) is 3.42. The van der Waals surface area contributed by atoms with Crippen LogP contribution in [0.4, 0.5) is 4.39 Å². The summed E-state index contributed by atoms with van der Waals surface area (Å²) in [4.78, 5) is 36.0. The number of aryl methyl sites for hydroxylation is 2. The molecule has 30 heavy (non-hydrogen) atoms. The number of carbonyl (C=O) groups is 2. The average Bonchev–Trinajstić information content (AvgIpc) is 2.75. The van der Waals surface area contributed by atoms with Gasteiger partial charge in [-0.25, -0.2) is 14.4 Å². The molecule has 0 bridgehead atoms. The van der Waals surface area contributed by atoms with Gasteiger partial charge in [0, 0.05) is 30.3 Å². The fourth-order valence-electron chi connectivity index (χ4n) is 3.64. The minimum atomic E-state index is -0.363. The van der Waals surface area contributed by atoms with Crippen LogP contribution in [0.15, 0.2) is 42.5 Å². The molecule has 0 saturated carbocycles. The third-order valence-corrected chi connectivity index (χ3v) is 5.55. The first-order chi connectivity index (χ1) is 14.4. The summed E-state index contributed by atoms with van der Waals surface area (Å²) in [5.41, 5.74) is 4.21. The van der Waals surface area contributed by atoms with Crippen molar-refractivity contribution in [2.45, 2.75) is 32.7 Å². The number of halogens is 1. The van der Waals surface area contributed by atoms with Crippen LogP contribution in [0.5, 0.6) is 0 Å². The highest BCUT2D eigenvalue weighted by Crippen LogP contribution is 2.17. The standard InChI is InChI=1S/C23H23FN4O2/c1-14-15(2)26-21-13-17(5-8-20(21)25-14)22(29)27-19-9-11-28(12-10-19)23(30)16-3-6-18(24)7-4-16/h3-8,13,19H,9-12H2,1-2H3,(H,27,29). The molecule has 0 spiro atoms. The quantitative estimate of drug-likeness (QED) is 0.723. The fraction of sp³-hybridized carbons (Fsp3) is 0.304. The van der Waals surface area contributed by atoms with Crippen molar-refractivity contribution in [2.24, 2.45) is 0 Å². The van der Waals surface area contributed by atoms with E-state index in [1.807, 2.05) is 19.9 Å². The van der Waals surface area contributed by atoms with E-state index in [1.165, 1.54) is 24.3 Å². The Morgan fingerprint density at radius 1 is 0.933 bits per heavy atom. The van der Waals surface area contributed by atoms with Gasteiger partial charge in [-0.15, -0.1) is 0 Å². The highest BCUT2D eigenvalue weighted by atomic mass is 19.1. The second kappa shape index (κ2) is 8.18. The van der Waals surface area contributed by atoms with Gasteiger partial charge in [0.15, 0.2) is 0 Å². The number of piperidine rings is 1. The van der Waals surface area contributed by atoms with Crippen LogP contribution in [0.25, 0.3) is 11.0 Å². The van der Waals surface area contributed by atoms with Crippen LogP contribution in [0, 0.1) is 19.7 Å². The summed E-state index contributed by atoms with van der Waals surface area (Å²) in [6, 6.07) is 10.9. The van der Waals surface area contributed by atoms with E-state index in [0.29, 0.717) is 42.6 Å². The molecule has 0 radical (unpaired) electrons. The number of likely N-dealkylation sites (tertiary alicyclic amines) is 1. The zero-order valence-electron chi connectivity index (χ0n) is 17.0. The van der Waals surface area contributed by atoms with Crippen LogP contribution in [-0.2, 0) is 0 Å². The molecule has 2 amide bonds. The van der Waals surface area contributed by atoms with Crippen LogP contribution in [-0.4, -0.2) is 45.8 Å². The van der Waals surface area contributed by atoms with E-state index < -0.39 is 0 Å². The largest absolute Gasteiger partial charge is 0.349 e. The SMILES string of the molecule is Cc1nc2ccc(C(=O)NC3CCN(C(=O)c4ccc(F)cc4)CC3)cc2nc1C. The molecule has 3 aromatic rings. The molecule has 2 aromatic carbocycles. The molecule has 1 aliphatic rings. The van der Waals surface area contributed by atoms with Crippen molar-refractivity contribution in [3.63, 3.8) is 0 Å². The molecule has 1 saturated heterocycles. The van der Waals surface area contributed by atoms with Crippen molar-refractivity contribution in [1.82, 2.24) is 20.2 Å². The number of benzene rings is 2. The van der Waals surface area contributed by atoms with Crippen LogP contribution in [0.3, 0.4) is 0 Å². The molecule has 2 heterocycles. The zero-order valence-corrected chi connectivity index (χ0v) is 17.0. The van der Waals surface area contributed by atoms with Gasteiger partial charge >= 0.3 is 0 Å². The molecule has 0 atom stereocenters. The lowest BCUT2D eigenvalue weighted by molar-refractivity contribution is 0.0698. The van der Waals surface area contributed by atoms with Gasteiger partial charge in [-0.3, -0.25) is 9.59 Å². The maximum Gasteiger partial charge on any atom is 0.253 e. The van der Waals surface area contributed by atoms with Gasteiger partial charge < -0.3 is 10.2 Å². The summed E-state index contributed by atoms with van der Waals surface area (Å²) < 4.78 is 13.1.